The molecule has 18 heavy (non-hydrogen) atoms. The molecule has 0 spiro atoms. The van der Waals surface area contributed by atoms with Crippen LogP contribution in [0.4, 0.5) is 5.69 Å². The van der Waals surface area contributed by atoms with Gasteiger partial charge >= 0.3 is 0 Å². The Hall–Kier alpha value is -1.61. The molecule has 0 radical (unpaired) electrons. The Morgan fingerprint density at radius 1 is 1.50 bits per heavy atom. The third-order valence-electron chi connectivity index (χ3n) is 2.46. The van der Waals surface area contributed by atoms with Gasteiger partial charge in [0.15, 0.2) is 6.10 Å². The highest BCUT2D eigenvalue weighted by atomic mass is 35.5. The maximum Gasteiger partial charge on any atom is 0.255 e. The first-order valence-electron chi connectivity index (χ1n) is 5.40. The summed E-state index contributed by atoms with van der Waals surface area (Å²) in [6.07, 6.45) is -0.638. The second kappa shape index (κ2) is 5.83. The highest BCUT2D eigenvalue weighted by molar-refractivity contribution is 6.33. The highest BCUT2D eigenvalue weighted by Crippen LogP contribution is 2.23. The smallest absolute Gasteiger partial charge is 0.255 e. The quantitative estimate of drug-likeness (QED) is 0.882. The lowest BCUT2D eigenvalue weighted by atomic mass is 10.2. The van der Waals surface area contributed by atoms with E-state index in [0.29, 0.717) is 29.5 Å². The first kappa shape index (κ1) is 12.8. The van der Waals surface area contributed by atoms with Gasteiger partial charge in [-0.3, -0.25) is 4.79 Å². The lowest BCUT2D eigenvalue weighted by Crippen LogP contribution is -2.39. The summed E-state index contributed by atoms with van der Waals surface area (Å²) < 4.78 is 10.4. The third-order valence-corrected chi connectivity index (χ3v) is 2.79. The van der Waals surface area contributed by atoms with Crippen molar-refractivity contribution in [1.29, 1.82) is 5.26 Å². The fourth-order valence-corrected chi connectivity index (χ4v) is 1.71. The van der Waals surface area contributed by atoms with E-state index in [1.165, 1.54) is 6.07 Å². The number of anilines is 1. The number of nitrogens with zero attached hydrogens (tertiary/aromatic N) is 1. The fourth-order valence-electron chi connectivity index (χ4n) is 1.54. The molecule has 1 aliphatic heterocycles. The summed E-state index contributed by atoms with van der Waals surface area (Å²) in [6.45, 7) is 1.11. The number of nitrogens with one attached hydrogen (secondary N) is 1. The van der Waals surface area contributed by atoms with Crippen LogP contribution in [0.5, 0.6) is 0 Å². The summed E-state index contributed by atoms with van der Waals surface area (Å²) in [5.41, 5.74) is 0.824. The van der Waals surface area contributed by atoms with E-state index in [0.717, 1.165) is 0 Å². The van der Waals surface area contributed by atoms with Gasteiger partial charge in [0.25, 0.3) is 5.91 Å². The number of carbonyl (C=O) groups excluding carboxylic acids is 1. The number of benzene rings is 1. The normalized spacial score (nSPS) is 19.0. The summed E-state index contributed by atoms with van der Waals surface area (Å²) in [7, 11) is 0. The summed E-state index contributed by atoms with van der Waals surface area (Å²) in [6, 6.07) is 6.64. The number of hydrogen-bond donors (Lipinski definition) is 1. The van der Waals surface area contributed by atoms with Gasteiger partial charge < -0.3 is 14.8 Å². The van der Waals surface area contributed by atoms with Crippen molar-refractivity contribution in [2.75, 3.05) is 25.1 Å². The molecule has 1 aliphatic rings. The zero-order valence-electron chi connectivity index (χ0n) is 9.48. The van der Waals surface area contributed by atoms with Crippen molar-refractivity contribution in [2.24, 2.45) is 0 Å². The van der Waals surface area contributed by atoms with E-state index in [-0.39, 0.29) is 12.5 Å². The third kappa shape index (κ3) is 2.99. The van der Waals surface area contributed by atoms with Crippen molar-refractivity contribution < 1.29 is 14.3 Å². The van der Waals surface area contributed by atoms with Crippen molar-refractivity contribution in [3.8, 4) is 6.07 Å². The lowest BCUT2D eigenvalue weighted by molar-refractivity contribution is -0.142. The Balaban J connectivity index is 2.08. The molecule has 1 fully saturated rings. The van der Waals surface area contributed by atoms with Gasteiger partial charge in [-0.1, -0.05) is 11.6 Å². The largest absolute Gasteiger partial charge is 0.376 e. The van der Waals surface area contributed by atoms with Crippen LogP contribution in [0.1, 0.15) is 5.56 Å². The van der Waals surface area contributed by atoms with E-state index in [2.05, 4.69) is 5.32 Å². The maximum absolute atomic E-state index is 11.9. The number of hydrogen-bond acceptors (Lipinski definition) is 4. The van der Waals surface area contributed by atoms with Crippen molar-refractivity contribution in [1.82, 2.24) is 0 Å². The molecule has 94 valence electrons. The molecule has 0 bridgehead atoms. The predicted molar refractivity (Wildman–Crippen MR) is 65.4 cm³/mol. The molecule has 1 saturated heterocycles. The molecular weight excluding hydrogens is 256 g/mol. The first-order valence-corrected chi connectivity index (χ1v) is 5.78. The summed E-state index contributed by atoms with van der Waals surface area (Å²) in [4.78, 5) is 11.9. The molecule has 1 aromatic carbocycles. The molecule has 1 atom stereocenters. The van der Waals surface area contributed by atoms with Crippen LogP contribution in [0.3, 0.4) is 0 Å². The van der Waals surface area contributed by atoms with Crippen LogP contribution in [0.25, 0.3) is 0 Å². The molecule has 1 amide bonds. The Morgan fingerprint density at radius 2 is 2.33 bits per heavy atom. The number of ether oxygens (including phenoxy) is 2. The number of amides is 1. The van der Waals surface area contributed by atoms with Gasteiger partial charge in [0, 0.05) is 0 Å². The SMILES string of the molecule is N#Cc1ccc(Cl)c(NC(=O)C2COCCO2)c1. The van der Waals surface area contributed by atoms with Gasteiger partial charge in [0.05, 0.1) is 42.2 Å². The number of carbonyl (C=O) groups is 1. The van der Waals surface area contributed by atoms with Gasteiger partial charge in [-0.2, -0.15) is 5.26 Å². The first-order chi connectivity index (χ1) is 8.70. The van der Waals surface area contributed by atoms with E-state index in [9.17, 15) is 4.79 Å². The van der Waals surface area contributed by atoms with E-state index in [4.69, 9.17) is 26.3 Å². The van der Waals surface area contributed by atoms with Gasteiger partial charge in [0.1, 0.15) is 0 Å². The summed E-state index contributed by atoms with van der Waals surface area (Å²) >= 11 is 5.94. The second-order valence-electron chi connectivity index (χ2n) is 3.73. The molecule has 1 unspecified atom stereocenters. The topological polar surface area (TPSA) is 71.4 Å². The zero-order valence-corrected chi connectivity index (χ0v) is 10.2. The summed E-state index contributed by atoms with van der Waals surface area (Å²) in [5.74, 6) is -0.327. The Bertz CT molecular complexity index is 493. The van der Waals surface area contributed by atoms with Crippen molar-refractivity contribution in [3.05, 3.63) is 28.8 Å². The Morgan fingerprint density at radius 3 is 3.00 bits per heavy atom. The zero-order chi connectivity index (χ0) is 13.0. The van der Waals surface area contributed by atoms with E-state index in [1.807, 2.05) is 6.07 Å². The second-order valence-corrected chi connectivity index (χ2v) is 4.14. The van der Waals surface area contributed by atoms with Gasteiger partial charge in [-0.05, 0) is 18.2 Å². The van der Waals surface area contributed by atoms with E-state index < -0.39 is 6.10 Å². The maximum atomic E-state index is 11.9. The standard InChI is InChI=1S/C12H11ClN2O3/c13-9-2-1-8(6-14)5-10(9)15-12(16)11-7-17-3-4-18-11/h1-2,5,11H,3-4,7H2,(H,15,16). The van der Waals surface area contributed by atoms with Crippen molar-refractivity contribution in [3.63, 3.8) is 0 Å². The molecule has 0 aromatic heterocycles. The van der Waals surface area contributed by atoms with Crippen LogP contribution in [0.2, 0.25) is 5.02 Å². The average Bonchev–Trinajstić information content (AvgIpc) is 2.42. The molecule has 0 aliphatic carbocycles. The van der Waals surface area contributed by atoms with Crippen molar-refractivity contribution in [2.45, 2.75) is 6.10 Å². The number of nitriles is 1. The minimum Gasteiger partial charge on any atom is -0.376 e. The molecule has 1 N–H and O–H groups in total. The van der Waals surface area contributed by atoms with E-state index >= 15 is 0 Å². The molecule has 2 rings (SSSR count). The minimum absolute atomic E-state index is 0.224. The van der Waals surface area contributed by atoms with Gasteiger partial charge in [-0.15, -0.1) is 0 Å². The van der Waals surface area contributed by atoms with Crippen LogP contribution in [0, 0.1) is 11.3 Å². The number of rotatable bonds is 2. The van der Waals surface area contributed by atoms with Gasteiger partial charge in [-0.25, -0.2) is 0 Å². The summed E-state index contributed by atoms with van der Waals surface area (Å²) in [5, 5.41) is 11.8. The van der Waals surface area contributed by atoms with Crippen LogP contribution < -0.4 is 5.32 Å². The predicted octanol–water partition coefficient (Wildman–Crippen LogP) is 1.57. The highest BCUT2D eigenvalue weighted by Gasteiger charge is 2.23. The van der Waals surface area contributed by atoms with Gasteiger partial charge in [0.2, 0.25) is 0 Å². The fraction of sp³-hybridized carbons (Fsp3) is 0.333. The van der Waals surface area contributed by atoms with Crippen LogP contribution in [-0.4, -0.2) is 31.8 Å². The lowest BCUT2D eigenvalue weighted by Gasteiger charge is -2.22. The molecular formula is C12H11ClN2O3. The molecule has 1 aromatic rings. The molecule has 6 heteroatoms. The average molecular weight is 267 g/mol. The minimum atomic E-state index is -0.638. The van der Waals surface area contributed by atoms with Crippen LogP contribution >= 0.6 is 11.6 Å². The molecule has 1 heterocycles. The van der Waals surface area contributed by atoms with Crippen molar-refractivity contribution >= 4 is 23.2 Å². The van der Waals surface area contributed by atoms with Crippen LogP contribution in [0.15, 0.2) is 18.2 Å². The monoisotopic (exact) mass is 266 g/mol. The Kier molecular flexibility index (Phi) is 4.15. The Labute approximate surface area is 109 Å². The molecule has 0 saturated carbocycles. The van der Waals surface area contributed by atoms with E-state index in [1.54, 1.807) is 12.1 Å². The van der Waals surface area contributed by atoms with Crippen LogP contribution in [-0.2, 0) is 14.3 Å². The molecule has 5 nitrogen and oxygen atoms in total. The number of halogens is 1.